The quantitative estimate of drug-likeness (QED) is 0.356. The molecule has 0 radical (unpaired) electrons. The van der Waals surface area contributed by atoms with Gasteiger partial charge in [0.05, 0.1) is 5.69 Å². The highest BCUT2D eigenvalue weighted by atomic mass is 32.2. The lowest BCUT2D eigenvalue weighted by atomic mass is 10.2. The third kappa shape index (κ3) is 5.83. The molecule has 196 valence electrons. The molecule has 3 aromatic rings. The Morgan fingerprint density at radius 1 is 1.16 bits per heavy atom. The Balaban J connectivity index is 1.81. The summed E-state index contributed by atoms with van der Waals surface area (Å²) in [5.74, 6) is -1.43. The Morgan fingerprint density at radius 3 is 2.43 bits per heavy atom. The van der Waals surface area contributed by atoms with Crippen LogP contribution in [0.15, 0.2) is 47.4 Å². The molecule has 1 saturated carbocycles. The van der Waals surface area contributed by atoms with E-state index in [1.54, 1.807) is 32.0 Å². The van der Waals surface area contributed by atoms with Crippen molar-refractivity contribution in [3.05, 3.63) is 59.3 Å². The second-order valence-corrected chi connectivity index (χ2v) is 11.0. The molecule has 0 unspecified atom stereocenters. The van der Waals surface area contributed by atoms with Crippen LogP contribution in [0.4, 0.5) is 5.69 Å². The predicted molar refractivity (Wildman–Crippen MR) is 138 cm³/mol. The number of rotatable bonds is 10. The number of amides is 1. The van der Waals surface area contributed by atoms with Gasteiger partial charge in [-0.3, -0.25) is 4.79 Å². The lowest BCUT2D eigenvalue weighted by molar-refractivity contribution is -0.117. The van der Waals surface area contributed by atoms with Crippen molar-refractivity contribution < 1.29 is 27.9 Å². The third-order valence-electron chi connectivity index (χ3n) is 6.17. The van der Waals surface area contributed by atoms with E-state index in [-0.39, 0.29) is 45.6 Å². The van der Waals surface area contributed by atoms with Crippen molar-refractivity contribution in [3.8, 4) is 17.3 Å². The summed E-state index contributed by atoms with van der Waals surface area (Å²) in [6, 6.07) is 11.2. The van der Waals surface area contributed by atoms with E-state index in [0.29, 0.717) is 17.8 Å². The molecule has 1 fully saturated rings. The van der Waals surface area contributed by atoms with Crippen molar-refractivity contribution in [1.82, 2.24) is 14.5 Å². The second-order valence-electron chi connectivity index (χ2n) is 9.29. The average Bonchev–Trinajstić information content (AvgIpc) is 3.65. The van der Waals surface area contributed by atoms with E-state index in [1.807, 2.05) is 26.0 Å². The molecule has 37 heavy (non-hydrogen) atoms. The van der Waals surface area contributed by atoms with Crippen molar-refractivity contribution in [2.75, 3.05) is 5.32 Å². The summed E-state index contributed by atoms with van der Waals surface area (Å²) >= 11 is 0. The van der Waals surface area contributed by atoms with E-state index >= 15 is 0 Å². The van der Waals surface area contributed by atoms with Gasteiger partial charge in [-0.15, -0.1) is 0 Å². The fourth-order valence-electron chi connectivity index (χ4n) is 3.65. The highest BCUT2D eigenvalue weighted by Gasteiger charge is 2.31. The number of sulfonamides is 1. The Labute approximate surface area is 215 Å². The first-order chi connectivity index (χ1) is 17.5. The summed E-state index contributed by atoms with van der Waals surface area (Å²) < 4.78 is 36.8. The first-order valence-electron chi connectivity index (χ1n) is 12.0. The Hall–Kier alpha value is -3.70. The predicted octanol–water partition coefficient (Wildman–Crippen LogP) is 4.40. The van der Waals surface area contributed by atoms with Crippen LogP contribution in [0.5, 0.6) is 11.6 Å². The van der Waals surface area contributed by atoms with Crippen molar-refractivity contribution >= 4 is 27.6 Å². The maximum atomic E-state index is 13.4. The van der Waals surface area contributed by atoms with E-state index in [0.717, 1.165) is 18.4 Å². The zero-order valence-corrected chi connectivity index (χ0v) is 21.9. The van der Waals surface area contributed by atoms with E-state index in [1.165, 1.54) is 16.8 Å². The third-order valence-corrected chi connectivity index (χ3v) is 7.78. The molecule has 3 N–H and O–H groups in total. The van der Waals surface area contributed by atoms with Crippen molar-refractivity contribution in [2.24, 2.45) is 5.92 Å². The summed E-state index contributed by atoms with van der Waals surface area (Å²) in [5.41, 5.74) is 1.89. The molecular formula is C26H30N4O6S. The van der Waals surface area contributed by atoms with Gasteiger partial charge >= 0.3 is 5.97 Å². The first kappa shape index (κ1) is 26.4. The number of benzene rings is 2. The van der Waals surface area contributed by atoms with Crippen LogP contribution in [0.3, 0.4) is 0 Å². The minimum absolute atomic E-state index is 0.0338. The molecule has 0 bridgehead atoms. The second kappa shape index (κ2) is 10.3. The summed E-state index contributed by atoms with van der Waals surface area (Å²) in [4.78, 5) is 23.9. The number of carboxylic acid groups (broad SMARTS) is 1. The highest BCUT2D eigenvalue weighted by Crippen LogP contribution is 2.36. The van der Waals surface area contributed by atoms with Crippen LogP contribution in [0.25, 0.3) is 5.69 Å². The average molecular weight is 527 g/mol. The number of hydrogen-bond donors (Lipinski definition) is 3. The molecule has 1 atom stereocenters. The SMILES string of the molecule is CC[C@H](C)NS(=O)(=O)c1cc(NC(=O)C2CC2)ccc1Oc1c(C)c(C(=O)O)nn1-c1ccc(C)cc1. The number of aromatic carboxylic acids is 1. The van der Waals surface area contributed by atoms with Gasteiger partial charge in [0, 0.05) is 23.2 Å². The van der Waals surface area contributed by atoms with Crippen LogP contribution >= 0.6 is 0 Å². The van der Waals surface area contributed by atoms with Crippen LogP contribution in [0, 0.1) is 19.8 Å². The molecule has 4 rings (SSSR count). The monoisotopic (exact) mass is 526 g/mol. The van der Waals surface area contributed by atoms with Crippen LogP contribution in [0.2, 0.25) is 0 Å². The fraction of sp³-hybridized carbons (Fsp3) is 0.346. The molecule has 0 saturated heterocycles. The van der Waals surface area contributed by atoms with Gasteiger partial charge in [0.15, 0.2) is 5.69 Å². The van der Waals surface area contributed by atoms with E-state index in [2.05, 4.69) is 15.1 Å². The van der Waals surface area contributed by atoms with Crippen LogP contribution in [-0.2, 0) is 14.8 Å². The molecule has 10 nitrogen and oxygen atoms in total. The molecule has 11 heteroatoms. The summed E-state index contributed by atoms with van der Waals surface area (Å²) in [5, 5.41) is 16.6. The van der Waals surface area contributed by atoms with Crippen LogP contribution < -0.4 is 14.8 Å². The molecule has 0 spiro atoms. The molecule has 0 aliphatic heterocycles. The summed E-state index contributed by atoms with van der Waals surface area (Å²) in [6.07, 6.45) is 2.18. The van der Waals surface area contributed by atoms with Gasteiger partial charge in [-0.2, -0.15) is 9.78 Å². The normalized spacial score (nSPS) is 14.3. The van der Waals surface area contributed by atoms with Crippen LogP contribution in [0.1, 0.15) is 54.7 Å². The van der Waals surface area contributed by atoms with Gasteiger partial charge in [-0.25, -0.2) is 17.9 Å². The smallest absolute Gasteiger partial charge is 0.356 e. The molecule has 1 aromatic heterocycles. The summed E-state index contributed by atoms with van der Waals surface area (Å²) in [6.45, 7) is 7.07. The van der Waals surface area contributed by atoms with Crippen LogP contribution in [-0.4, -0.2) is 41.2 Å². The maximum absolute atomic E-state index is 13.4. The summed E-state index contributed by atoms with van der Waals surface area (Å²) in [7, 11) is -4.06. The molecule has 1 aliphatic rings. The number of aryl methyl sites for hydroxylation is 1. The number of nitrogens with zero attached hydrogens (tertiary/aromatic N) is 2. The molecule has 2 aromatic carbocycles. The number of nitrogens with one attached hydrogen (secondary N) is 2. The number of hydrogen-bond acceptors (Lipinski definition) is 6. The molecule has 1 aliphatic carbocycles. The van der Waals surface area contributed by atoms with Crippen molar-refractivity contribution in [1.29, 1.82) is 0 Å². The number of anilines is 1. The van der Waals surface area contributed by atoms with Crippen molar-refractivity contribution in [3.63, 3.8) is 0 Å². The number of carbonyl (C=O) groups excluding carboxylic acids is 1. The first-order valence-corrected chi connectivity index (χ1v) is 13.5. The van der Waals surface area contributed by atoms with Gasteiger partial charge < -0.3 is 15.2 Å². The largest absolute Gasteiger partial charge is 0.476 e. The standard InChI is InChI=1S/C26H30N4O6S/c1-5-16(3)29-37(34,35)22-14-19(27-24(31)18-8-9-18)10-13-21(22)36-25-17(4)23(26(32)33)28-30(25)20-11-6-15(2)7-12-20/h6-7,10-14,16,18,29H,5,8-9H2,1-4H3,(H,27,31)(H,32,33)/t16-/m0/s1. The fourth-order valence-corrected chi connectivity index (χ4v) is 5.13. The van der Waals surface area contributed by atoms with E-state index in [9.17, 15) is 23.1 Å². The lowest BCUT2D eigenvalue weighted by Crippen LogP contribution is -2.32. The number of ether oxygens (including phenoxy) is 1. The number of carboxylic acids is 1. The van der Waals surface area contributed by atoms with Gasteiger partial charge in [0.1, 0.15) is 10.6 Å². The van der Waals surface area contributed by atoms with Gasteiger partial charge in [-0.1, -0.05) is 24.6 Å². The molecule has 1 heterocycles. The lowest BCUT2D eigenvalue weighted by Gasteiger charge is -2.17. The van der Waals surface area contributed by atoms with E-state index in [4.69, 9.17) is 4.74 Å². The topological polar surface area (TPSA) is 140 Å². The Kier molecular flexibility index (Phi) is 7.37. The Morgan fingerprint density at radius 2 is 1.84 bits per heavy atom. The molecule has 1 amide bonds. The zero-order valence-electron chi connectivity index (χ0n) is 21.1. The Bertz CT molecular complexity index is 1440. The number of aromatic nitrogens is 2. The maximum Gasteiger partial charge on any atom is 0.356 e. The van der Waals surface area contributed by atoms with Gasteiger partial charge in [0.2, 0.25) is 21.8 Å². The highest BCUT2D eigenvalue weighted by molar-refractivity contribution is 7.89. The minimum atomic E-state index is -4.06. The number of carbonyl (C=O) groups is 2. The van der Waals surface area contributed by atoms with E-state index < -0.39 is 16.0 Å². The minimum Gasteiger partial charge on any atom is -0.476 e. The van der Waals surface area contributed by atoms with Gasteiger partial charge in [0.25, 0.3) is 0 Å². The van der Waals surface area contributed by atoms with Crippen molar-refractivity contribution in [2.45, 2.75) is 57.9 Å². The molecular weight excluding hydrogens is 496 g/mol. The zero-order chi connectivity index (χ0) is 26.9. The van der Waals surface area contributed by atoms with Gasteiger partial charge in [-0.05, 0) is 70.4 Å².